The number of hydrogen-bond acceptors (Lipinski definition) is 2. The van der Waals surface area contributed by atoms with Gasteiger partial charge in [-0.1, -0.05) is 0 Å². The Bertz CT molecular complexity index is 146. The molecule has 0 aromatic carbocycles. The third kappa shape index (κ3) is 2.89. The van der Waals surface area contributed by atoms with Crippen LogP contribution in [0, 0.1) is 0 Å². The molecule has 0 bridgehead atoms. The lowest BCUT2D eigenvalue weighted by molar-refractivity contribution is 0.111. The minimum Gasteiger partial charge on any atom is -0.449 e. The first kappa shape index (κ1) is 9.65. The van der Waals surface area contributed by atoms with E-state index in [1.165, 1.54) is 0 Å². The Hall–Kier alpha value is -0.440. The molecule has 0 aromatic rings. The van der Waals surface area contributed by atoms with E-state index < -0.39 is 0 Å². The van der Waals surface area contributed by atoms with Crippen molar-refractivity contribution in [1.82, 2.24) is 4.90 Å². The molecular formula is C8H14ClNO2. The zero-order valence-electron chi connectivity index (χ0n) is 7.09. The number of nitrogens with zero attached hydrogens (tertiary/aromatic N) is 1. The van der Waals surface area contributed by atoms with Gasteiger partial charge in [-0.15, -0.1) is 11.6 Å². The van der Waals surface area contributed by atoms with Crippen molar-refractivity contribution in [2.75, 3.05) is 25.6 Å². The van der Waals surface area contributed by atoms with Gasteiger partial charge in [0.15, 0.2) is 0 Å². The van der Waals surface area contributed by atoms with Gasteiger partial charge in [0.05, 0.1) is 6.61 Å². The Morgan fingerprint density at radius 1 is 1.42 bits per heavy atom. The van der Waals surface area contributed by atoms with Gasteiger partial charge in [0.2, 0.25) is 0 Å². The summed E-state index contributed by atoms with van der Waals surface area (Å²) >= 11 is 5.44. The van der Waals surface area contributed by atoms with E-state index in [1.54, 1.807) is 4.90 Å². The van der Waals surface area contributed by atoms with Crippen LogP contribution in [0.4, 0.5) is 4.79 Å². The molecule has 0 radical (unpaired) electrons. The number of carbonyl (C=O) groups is 1. The third-order valence-corrected chi connectivity index (χ3v) is 2.14. The molecule has 0 spiro atoms. The monoisotopic (exact) mass is 191 g/mol. The normalized spacial score (nSPS) is 16.6. The molecule has 0 N–H and O–H groups in total. The maximum atomic E-state index is 11.2. The van der Waals surface area contributed by atoms with Crippen LogP contribution in [0.2, 0.25) is 0 Å². The molecule has 0 aromatic heterocycles. The average molecular weight is 192 g/mol. The second-order valence-electron chi connectivity index (χ2n) is 2.85. The van der Waals surface area contributed by atoms with Crippen molar-refractivity contribution in [2.45, 2.75) is 19.3 Å². The first-order valence-corrected chi connectivity index (χ1v) is 4.85. The van der Waals surface area contributed by atoms with E-state index in [2.05, 4.69) is 0 Å². The molecule has 4 heteroatoms. The molecule has 0 aliphatic carbocycles. The van der Waals surface area contributed by atoms with Crippen molar-refractivity contribution in [1.29, 1.82) is 0 Å². The molecule has 3 nitrogen and oxygen atoms in total. The summed E-state index contributed by atoms with van der Waals surface area (Å²) in [6.45, 7) is 2.14. The predicted molar refractivity (Wildman–Crippen MR) is 47.5 cm³/mol. The van der Waals surface area contributed by atoms with E-state index in [1.807, 2.05) is 0 Å². The molecule has 0 unspecified atom stereocenters. The van der Waals surface area contributed by atoms with Gasteiger partial charge in [0, 0.05) is 19.0 Å². The minimum atomic E-state index is -0.183. The number of carbonyl (C=O) groups excluding carboxylic acids is 1. The summed E-state index contributed by atoms with van der Waals surface area (Å²) in [7, 11) is 0. The number of likely N-dealkylation sites (tertiary alicyclic amines) is 1. The summed E-state index contributed by atoms with van der Waals surface area (Å²) in [5, 5.41) is 0. The standard InChI is InChI=1S/C8H14ClNO2/c9-4-3-7-12-8(11)10-5-1-2-6-10/h1-7H2. The molecule has 1 heterocycles. The van der Waals surface area contributed by atoms with Crippen molar-refractivity contribution in [3.05, 3.63) is 0 Å². The number of hydrogen-bond donors (Lipinski definition) is 0. The van der Waals surface area contributed by atoms with E-state index in [-0.39, 0.29) is 6.09 Å². The fourth-order valence-electron chi connectivity index (χ4n) is 1.21. The van der Waals surface area contributed by atoms with Crippen LogP contribution in [0.5, 0.6) is 0 Å². The van der Waals surface area contributed by atoms with Crippen molar-refractivity contribution in [3.8, 4) is 0 Å². The SMILES string of the molecule is O=C(OCCCCl)N1CCCC1. The van der Waals surface area contributed by atoms with E-state index in [9.17, 15) is 4.79 Å². The maximum absolute atomic E-state index is 11.2. The van der Waals surface area contributed by atoms with Gasteiger partial charge in [-0.25, -0.2) is 4.79 Å². The zero-order valence-corrected chi connectivity index (χ0v) is 7.85. The van der Waals surface area contributed by atoms with Crippen molar-refractivity contribution in [3.63, 3.8) is 0 Å². The van der Waals surface area contributed by atoms with Crippen molar-refractivity contribution < 1.29 is 9.53 Å². The molecule has 1 aliphatic rings. The maximum Gasteiger partial charge on any atom is 0.409 e. The van der Waals surface area contributed by atoms with Crippen LogP contribution in [-0.4, -0.2) is 36.6 Å². The molecule has 1 amide bonds. The van der Waals surface area contributed by atoms with E-state index >= 15 is 0 Å². The Morgan fingerprint density at radius 3 is 2.67 bits per heavy atom. The van der Waals surface area contributed by atoms with Gasteiger partial charge in [-0.2, -0.15) is 0 Å². The number of alkyl halides is 1. The molecule has 1 aliphatic heterocycles. The fourth-order valence-corrected chi connectivity index (χ4v) is 1.31. The van der Waals surface area contributed by atoms with Gasteiger partial charge in [0.25, 0.3) is 0 Å². The smallest absolute Gasteiger partial charge is 0.409 e. The highest BCUT2D eigenvalue weighted by Gasteiger charge is 2.18. The van der Waals surface area contributed by atoms with Gasteiger partial charge >= 0.3 is 6.09 Å². The molecular weight excluding hydrogens is 178 g/mol. The van der Waals surface area contributed by atoms with E-state index in [4.69, 9.17) is 16.3 Å². The van der Waals surface area contributed by atoms with Gasteiger partial charge in [-0.3, -0.25) is 0 Å². The van der Waals surface area contributed by atoms with Crippen LogP contribution in [0.1, 0.15) is 19.3 Å². The van der Waals surface area contributed by atoms with E-state index in [0.29, 0.717) is 12.5 Å². The molecule has 1 saturated heterocycles. The lowest BCUT2D eigenvalue weighted by Gasteiger charge is -2.14. The van der Waals surface area contributed by atoms with Crippen LogP contribution >= 0.6 is 11.6 Å². The minimum absolute atomic E-state index is 0.183. The highest BCUT2D eigenvalue weighted by atomic mass is 35.5. The first-order chi connectivity index (χ1) is 5.84. The van der Waals surface area contributed by atoms with Crippen molar-refractivity contribution >= 4 is 17.7 Å². The summed E-state index contributed by atoms with van der Waals surface area (Å²) in [5.41, 5.74) is 0. The highest BCUT2D eigenvalue weighted by molar-refractivity contribution is 6.17. The summed E-state index contributed by atoms with van der Waals surface area (Å²) in [4.78, 5) is 12.9. The molecule has 0 saturated carbocycles. The Kier molecular flexibility index (Phi) is 4.22. The first-order valence-electron chi connectivity index (χ1n) is 4.32. The van der Waals surface area contributed by atoms with Crippen LogP contribution in [0.3, 0.4) is 0 Å². The molecule has 1 fully saturated rings. The number of ether oxygens (including phenoxy) is 1. The topological polar surface area (TPSA) is 29.5 Å². The number of amides is 1. The summed E-state index contributed by atoms with van der Waals surface area (Å²) in [5.74, 6) is 0.549. The van der Waals surface area contributed by atoms with Crippen LogP contribution in [0.15, 0.2) is 0 Å². The van der Waals surface area contributed by atoms with Gasteiger partial charge < -0.3 is 9.64 Å². The lowest BCUT2D eigenvalue weighted by Crippen LogP contribution is -2.28. The summed E-state index contributed by atoms with van der Waals surface area (Å²) in [6.07, 6.45) is 2.76. The van der Waals surface area contributed by atoms with Gasteiger partial charge in [0.1, 0.15) is 0 Å². The van der Waals surface area contributed by atoms with E-state index in [0.717, 1.165) is 32.4 Å². The third-order valence-electron chi connectivity index (χ3n) is 1.87. The average Bonchev–Trinajstić information content (AvgIpc) is 2.56. The molecule has 70 valence electrons. The zero-order chi connectivity index (χ0) is 8.81. The number of halogens is 1. The Morgan fingerprint density at radius 2 is 2.08 bits per heavy atom. The van der Waals surface area contributed by atoms with Crippen LogP contribution < -0.4 is 0 Å². The van der Waals surface area contributed by atoms with Crippen LogP contribution in [-0.2, 0) is 4.74 Å². The Balaban J connectivity index is 2.10. The lowest BCUT2D eigenvalue weighted by atomic mass is 10.4. The summed E-state index contributed by atoms with van der Waals surface area (Å²) in [6, 6.07) is 0. The molecule has 1 rings (SSSR count). The second-order valence-corrected chi connectivity index (χ2v) is 3.23. The quantitative estimate of drug-likeness (QED) is 0.503. The largest absolute Gasteiger partial charge is 0.449 e. The Labute approximate surface area is 77.6 Å². The molecule has 0 atom stereocenters. The highest BCUT2D eigenvalue weighted by Crippen LogP contribution is 2.08. The second kappa shape index (κ2) is 5.25. The van der Waals surface area contributed by atoms with Gasteiger partial charge in [-0.05, 0) is 19.3 Å². The predicted octanol–water partition coefficient (Wildman–Crippen LogP) is 1.85. The van der Waals surface area contributed by atoms with Crippen LogP contribution in [0.25, 0.3) is 0 Å². The van der Waals surface area contributed by atoms with Crippen molar-refractivity contribution in [2.24, 2.45) is 0 Å². The molecule has 12 heavy (non-hydrogen) atoms. The number of rotatable bonds is 3. The summed E-state index contributed by atoms with van der Waals surface area (Å²) < 4.78 is 4.97. The fraction of sp³-hybridized carbons (Fsp3) is 0.875.